The van der Waals surface area contributed by atoms with Crippen molar-refractivity contribution in [3.05, 3.63) is 92.0 Å². The Kier molecular flexibility index (Phi) is 6.01. The van der Waals surface area contributed by atoms with Crippen molar-refractivity contribution in [3.63, 3.8) is 0 Å². The molecule has 0 saturated carbocycles. The zero-order valence-electron chi connectivity index (χ0n) is 15.5. The predicted molar refractivity (Wildman–Crippen MR) is 101 cm³/mol. The molecule has 2 aromatic carbocycles. The molecule has 0 bridgehead atoms. The molecule has 4 nitrogen and oxygen atoms in total. The van der Waals surface area contributed by atoms with E-state index in [0.717, 1.165) is 29.0 Å². The summed E-state index contributed by atoms with van der Waals surface area (Å²) in [6.45, 7) is 4.05. The standard InChI is InChI=1S/C22H15F3N3O.Ir/c1-14-6-7-16(13-18(14)19-5-3-4-12-28(19)2)21-27-26-20(29-21)15-8-10-17(11-9-15)22(23,24)25;/h3-13H,1-2H2;/q-1;. The largest absolute Gasteiger partial charge is 0.416 e. The molecule has 0 amide bonds. The molecule has 1 radical (unpaired) electrons. The molecular weight excluding hydrogens is 571 g/mol. The Bertz CT molecular complexity index is 1170. The summed E-state index contributed by atoms with van der Waals surface area (Å²) < 4.78 is 45.6. The van der Waals surface area contributed by atoms with Crippen LogP contribution in [-0.2, 0) is 26.3 Å². The molecule has 2 heterocycles. The second kappa shape index (κ2) is 8.34. The van der Waals surface area contributed by atoms with Crippen LogP contribution in [0, 0.1) is 14.0 Å². The van der Waals surface area contributed by atoms with Gasteiger partial charge in [-0.05, 0) is 24.3 Å². The normalized spacial score (nSPS) is 11.2. The van der Waals surface area contributed by atoms with Gasteiger partial charge in [-0.15, -0.1) is 27.9 Å². The second-order valence-electron chi connectivity index (χ2n) is 6.42. The van der Waals surface area contributed by atoms with Crippen molar-refractivity contribution in [2.45, 2.75) is 6.18 Å². The first-order valence-corrected chi connectivity index (χ1v) is 8.62. The van der Waals surface area contributed by atoms with Crippen molar-refractivity contribution < 1.29 is 42.3 Å². The molecule has 0 aliphatic rings. The number of aromatic nitrogens is 3. The number of alkyl halides is 3. The Hall–Kier alpha value is -3.09. The van der Waals surface area contributed by atoms with E-state index < -0.39 is 11.7 Å². The molecule has 8 heteroatoms. The zero-order valence-corrected chi connectivity index (χ0v) is 17.9. The van der Waals surface area contributed by atoms with Gasteiger partial charge >= 0.3 is 6.18 Å². The Morgan fingerprint density at radius 3 is 2.13 bits per heavy atom. The topological polar surface area (TPSA) is 42.8 Å². The Morgan fingerprint density at radius 1 is 0.867 bits per heavy atom. The van der Waals surface area contributed by atoms with Crippen molar-refractivity contribution in [2.24, 2.45) is 0 Å². The maximum absolute atomic E-state index is 12.7. The van der Waals surface area contributed by atoms with Gasteiger partial charge in [0.05, 0.1) is 17.5 Å². The van der Waals surface area contributed by atoms with E-state index in [2.05, 4.69) is 24.2 Å². The fourth-order valence-electron chi connectivity index (χ4n) is 2.93. The first-order chi connectivity index (χ1) is 13.8. The number of hydrogen-bond donors (Lipinski definition) is 0. The third-order valence-electron chi connectivity index (χ3n) is 4.46. The Morgan fingerprint density at radius 2 is 1.50 bits per heavy atom. The van der Waals surface area contributed by atoms with E-state index in [1.807, 2.05) is 36.5 Å². The Balaban J connectivity index is 0.00000256. The van der Waals surface area contributed by atoms with Crippen LogP contribution >= 0.6 is 0 Å². The van der Waals surface area contributed by atoms with Gasteiger partial charge in [-0.25, -0.2) is 0 Å². The minimum Gasteiger partial charge on any atom is -0.416 e. The summed E-state index contributed by atoms with van der Waals surface area (Å²) in [4.78, 5) is 0. The average molecular weight is 587 g/mol. The van der Waals surface area contributed by atoms with Crippen molar-refractivity contribution >= 4 is 0 Å². The van der Waals surface area contributed by atoms with Gasteiger partial charge in [-0.1, -0.05) is 18.2 Å². The number of hydrogen-bond acceptors (Lipinski definition) is 3. The fourth-order valence-corrected chi connectivity index (χ4v) is 2.93. The van der Waals surface area contributed by atoms with Gasteiger partial charge < -0.3 is 8.98 Å². The summed E-state index contributed by atoms with van der Waals surface area (Å²) in [6, 6.07) is 15.8. The molecule has 0 aliphatic heterocycles. The molecule has 0 N–H and O–H groups in total. The van der Waals surface area contributed by atoms with Gasteiger partial charge in [0.2, 0.25) is 11.8 Å². The van der Waals surface area contributed by atoms with E-state index in [1.165, 1.54) is 12.1 Å². The average Bonchev–Trinajstić information content (AvgIpc) is 3.19. The van der Waals surface area contributed by atoms with Gasteiger partial charge in [0.25, 0.3) is 0 Å². The van der Waals surface area contributed by atoms with Crippen LogP contribution in [-0.4, -0.2) is 10.2 Å². The predicted octanol–water partition coefficient (Wildman–Crippen LogP) is 5.20. The smallest absolute Gasteiger partial charge is 0.416 e. The first-order valence-electron chi connectivity index (χ1n) is 8.62. The molecule has 0 aliphatic carbocycles. The van der Waals surface area contributed by atoms with Crippen molar-refractivity contribution in [1.29, 1.82) is 0 Å². The van der Waals surface area contributed by atoms with Crippen LogP contribution in [0.4, 0.5) is 13.2 Å². The van der Waals surface area contributed by atoms with E-state index in [9.17, 15) is 13.2 Å². The van der Waals surface area contributed by atoms with Crippen LogP contribution in [0.3, 0.4) is 0 Å². The van der Waals surface area contributed by atoms with Gasteiger partial charge in [0, 0.05) is 38.3 Å². The van der Waals surface area contributed by atoms with E-state index in [1.54, 1.807) is 10.6 Å². The molecule has 0 saturated heterocycles. The summed E-state index contributed by atoms with van der Waals surface area (Å²) >= 11 is 0. The summed E-state index contributed by atoms with van der Waals surface area (Å²) in [6.07, 6.45) is -2.57. The van der Waals surface area contributed by atoms with Gasteiger partial charge in [0.15, 0.2) is 0 Å². The van der Waals surface area contributed by atoms with Gasteiger partial charge in [0.1, 0.15) is 0 Å². The molecule has 0 spiro atoms. The zero-order chi connectivity index (χ0) is 20.6. The fraction of sp³-hybridized carbons (Fsp3) is 0.0455. The number of nitrogens with zero attached hydrogens (tertiary/aromatic N) is 3. The summed E-state index contributed by atoms with van der Waals surface area (Å²) in [7, 11) is 3.97. The van der Waals surface area contributed by atoms with E-state index in [-0.39, 0.29) is 31.9 Å². The molecule has 4 rings (SSSR count). The molecule has 2 aromatic heterocycles. The number of halogens is 3. The number of benzene rings is 2. The van der Waals surface area contributed by atoms with Gasteiger partial charge in [-0.3, -0.25) is 0 Å². The minimum atomic E-state index is -4.40. The van der Waals surface area contributed by atoms with Crippen molar-refractivity contribution in [2.75, 3.05) is 0 Å². The van der Waals surface area contributed by atoms with Crippen LogP contribution in [0.15, 0.2) is 71.3 Å². The van der Waals surface area contributed by atoms with Crippen LogP contribution in [0.25, 0.3) is 34.2 Å². The summed E-state index contributed by atoms with van der Waals surface area (Å²) in [5, 5.41) is 8.01. The molecule has 4 aromatic rings. The SMILES string of the molecule is [CH2-]c1ccc(-c2nnc(-c3ccc(C(F)(F)F)cc3)o2)cc1-c1cccc[n+]1[CH2-].[Ir]. The van der Waals surface area contributed by atoms with Gasteiger partial charge in [-0.2, -0.15) is 31.7 Å². The number of rotatable bonds is 3. The van der Waals surface area contributed by atoms with Crippen LogP contribution < -0.4 is 4.57 Å². The van der Waals surface area contributed by atoms with E-state index >= 15 is 0 Å². The molecular formula is C22H15F3IrN3O-. The molecule has 0 fully saturated rings. The Labute approximate surface area is 184 Å². The van der Waals surface area contributed by atoms with Crippen LogP contribution in [0.2, 0.25) is 0 Å². The van der Waals surface area contributed by atoms with Crippen molar-refractivity contribution in [1.82, 2.24) is 10.2 Å². The minimum absolute atomic E-state index is 0. The van der Waals surface area contributed by atoms with Crippen LogP contribution in [0.5, 0.6) is 0 Å². The van der Waals surface area contributed by atoms with E-state index in [0.29, 0.717) is 11.1 Å². The quantitative estimate of drug-likeness (QED) is 0.245. The van der Waals surface area contributed by atoms with Crippen molar-refractivity contribution in [3.8, 4) is 34.2 Å². The third kappa shape index (κ3) is 4.25. The first kappa shape index (κ1) is 21.6. The molecule has 0 atom stereocenters. The molecule has 0 unspecified atom stereocenters. The summed E-state index contributed by atoms with van der Waals surface area (Å²) in [5.74, 6) is 0.397. The number of pyridine rings is 1. The monoisotopic (exact) mass is 587 g/mol. The maximum Gasteiger partial charge on any atom is 0.416 e. The van der Waals surface area contributed by atoms with Crippen LogP contribution in [0.1, 0.15) is 11.1 Å². The second-order valence-corrected chi connectivity index (χ2v) is 6.42. The molecule has 155 valence electrons. The maximum atomic E-state index is 12.7. The third-order valence-corrected chi connectivity index (χ3v) is 4.46. The van der Waals surface area contributed by atoms with E-state index in [4.69, 9.17) is 4.42 Å². The summed E-state index contributed by atoms with van der Waals surface area (Å²) in [5.41, 5.74) is 2.86. The molecule has 30 heavy (non-hydrogen) atoms.